The van der Waals surface area contributed by atoms with E-state index in [0.717, 1.165) is 55.5 Å². The van der Waals surface area contributed by atoms with Crippen molar-refractivity contribution in [2.75, 3.05) is 77.7 Å². The summed E-state index contributed by atoms with van der Waals surface area (Å²) in [5, 5.41) is 0. The Balaban J connectivity index is -0.000000164. The summed E-state index contributed by atoms with van der Waals surface area (Å²) in [6.45, 7) is 35.1. The minimum atomic E-state index is -0.311. The maximum Gasteiger partial charge on any atom is 0.311 e. The van der Waals surface area contributed by atoms with Gasteiger partial charge < -0.3 is 33.2 Å². The van der Waals surface area contributed by atoms with E-state index in [0.29, 0.717) is 17.4 Å². The van der Waals surface area contributed by atoms with Gasteiger partial charge in [0.05, 0.1) is 31.7 Å². The molecule has 9 heteroatoms. The quantitative estimate of drug-likeness (QED) is 0.182. The molecule has 69 heavy (non-hydrogen) atoms. The van der Waals surface area contributed by atoms with Crippen LogP contribution in [0.25, 0.3) is 0 Å². The molecule has 0 amide bonds. The Morgan fingerprint density at radius 2 is 1.00 bits per heavy atom. The lowest BCUT2D eigenvalue weighted by Gasteiger charge is -2.24. The van der Waals surface area contributed by atoms with Crippen molar-refractivity contribution >= 4 is 11.9 Å². The highest BCUT2D eigenvalue weighted by Crippen LogP contribution is 2.51. The number of carbonyl (C=O) groups excluding carboxylic acids is 2. The second kappa shape index (κ2) is 51.5. The van der Waals surface area contributed by atoms with Gasteiger partial charge in [0.1, 0.15) is 0 Å². The molecule has 2 saturated carbocycles. The van der Waals surface area contributed by atoms with Crippen LogP contribution < -0.4 is 0 Å². The van der Waals surface area contributed by atoms with Crippen molar-refractivity contribution in [2.24, 2.45) is 40.9 Å². The first-order valence-electron chi connectivity index (χ1n) is 25.9. The van der Waals surface area contributed by atoms with Crippen LogP contribution in [0, 0.1) is 40.9 Å². The SMILES string of the molecule is CC1C2CCC(C2)C1C.CCC(C)(C)C(=O)OC.CCC(C)(C)c1ccccc1.CCC(C)C(=O)OC.CCC(C)COC.CCC(C)OC.CCC(C)c1ccccc1.COC.COC.COC. The van der Waals surface area contributed by atoms with Gasteiger partial charge in [-0.2, -0.15) is 0 Å². The van der Waals surface area contributed by atoms with Crippen LogP contribution in [0.15, 0.2) is 60.7 Å². The molecule has 0 aromatic heterocycles. The molecular formula is C60H116O9. The summed E-state index contributed by atoms with van der Waals surface area (Å²) < 4.78 is 31.6. The smallest absolute Gasteiger partial charge is 0.311 e. The zero-order valence-corrected chi connectivity index (χ0v) is 50.1. The molecule has 0 radical (unpaired) electrons. The van der Waals surface area contributed by atoms with E-state index in [1.807, 2.05) is 34.6 Å². The van der Waals surface area contributed by atoms with E-state index < -0.39 is 0 Å². The van der Waals surface area contributed by atoms with E-state index in [-0.39, 0.29) is 23.3 Å². The highest BCUT2D eigenvalue weighted by Gasteiger charge is 2.42. The van der Waals surface area contributed by atoms with E-state index in [1.54, 1.807) is 63.3 Å². The van der Waals surface area contributed by atoms with Gasteiger partial charge >= 0.3 is 11.9 Å². The van der Waals surface area contributed by atoms with Gasteiger partial charge in [-0.1, -0.05) is 157 Å². The van der Waals surface area contributed by atoms with Crippen LogP contribution in [-0.2, 0) is 48.2 Å². The van der Waals surface area contributed by atoms with Crippen molar-refractivity contribution in [3.63, 3.8) is 0 Å². The second-order valence-corrected chi connectivity index (χ2v) is 19.6. The van der Waals surface area contributed by atoms with Crippen molar-refractivity contribution in [2.45, 2.75) is 186 Å². The molecule has 0 heterocycles. The third kappa shape index (κ3) is 43.7. The second-order valence-electron chi connectivity index (χ2n) is 19.6. The number of hydrogen-bond donors (Lipinski definition) is 0. The Bertz CT molecular complexity index is 1310. The summed E-state index contributed by atoms with van der Waals surface area (Å²) >= 11 is 0. The molecule has 4 rings (SSSR count). The van der Waals surface area contributed by atoms with Crippen LogP contribution in [-0.4, -0.2) is 95.7 Å². The number of hydrogen-bond acceptors (Lipinski definition) is 9. The number of ether oxygens (including phenoxy) is 7. The Morgan fingerprint density at radius 3 is 1.20 bits per heavy atom. The van der Waals surface area contributed by atoms with Gasteiger partial charge in [0, 0.05) is 63.5 Å². The number of carbonyl (C=O) groups is 2. The largest absolute Gasteiger partial charge is 0.469 e. The monoisotopic (exact) mass is 981 g/mol. The number of benzene rings is 2. The molecule has 2 aromatic carbocycles. The van der Waals surface area contributed by atoms with Crippen LogP contribution in [0.3, 0.4) is 0 Å². The average Bonchev–Trinajstić information content (AvgIpc) is 3.97. The van der Waals surface area contributed by atoms with E-state index in [1.165, 1.54) is 57.5 Å². The van der Waals surface area contributed by atoms with Crippen molar-refractivity contribution in [3.05, 3.63) is 71.8 Å². The fraction of sp³-hybridized carbons (Fsp3) is 0.767. The van der Waals surface area contributed by atoms with E-state index >= 15 is 0 Å². The van der Waals surface area contributed by atoms with Crippen LogP contribution in [0.1, 0.15) is 186 Å². The minimum Gasteiger partial charge on any atom is -0.469 e. The molecule has 9 nitrogen and oxygen atoms in total. The molecule has 2 aliphatic rings. The predicted octanol–water partition coefficient (Wildman–Crippen LogP) is 16.0. The Hall–Kier alpha value is -2.82. The number of esters is 2. The average molecular weight is 982 g/mol. The van der Waals surface area contributed by atoms with Crippen molar-refractivity contribution in [1.82, 2.24) is 0 Å². The zero-order chi connectivity index (χ0) is 55.0. The highest BCUT2D eigenvalue weighted by molar-refractivity contribution is 5.75. The third-order valence-electron chi connectivity index (χ3n) is 13.2. The molecule has 0 aliphatic heterocycles. The number of methoxy groups -OCH3 is 7. The molecule has 2 fully saturated rings. The van der Waals surface area contributed by atoms with E-state index in [2.05, 4.69) is 161 Å². The summed E-state index contributed by atoms with van der Waals surface area (Å²) in [6, 6.07) is 21.3. The first-order valence-corrected chi connectivity index (χ1v) is 25.9. The first kappa shape index (κ1) is 77.6. The standard InChI is InChI=1S/C11H16.C10H14.C9H16.C7H14O2.C6H12O2.C6H14O.C5H12O.3C2H6O/c1-4-11(2,3)10-8-6-5-7-9-10;1-3-9(2)10-7-5-4-6-8-10;1-6-7(2)9-4-3-8(6)5-9;1-5-7(2,3)6(8)9-4;1-4-5(2)6(7)8-3;1-4-6(2)5-7-3;1-4-5(2)6-3;3*1-3-2/h5-9H,4H2,1-3H3;4-9H,3H2,1-2H3;6-9H,3-5H2,1-2H3;5H2,1-4H3;5H,4H2,1-3H3;6H,4-5H2,1-3H3;5H,4H2,1-3H3;3*1-2H3. The summed E-state index contributed by atoms with van der Waals surface area (Å²) in [4.78, 5) is 21.4. The van der Waals surface area contributed by atoms with Crippen molar-refractivity contribution in [3.8, 4) is 0 Å². The molecule has 0 spiro atoms. The lowest BCUT2D eigenvalue weighted by atomic mass is 9.82. The van der Waals surface area contributed by atoms with Gasteiger partial charge in [-0.05, 0) is 124 Å². The molecule has 2 aliphatic carbocycles. The molecule has 0 N–H and O–H groups in total. The Morgan fingerprint density at radius 1 is 0.580 bits per heavy atom. The third-order valence-corrected chi connectivity index (χ3v) is 13.2. The number of rotatable bonds is 13. The van der Waals surface area contributed by atoms with Crippen LogP contribution >= 0.6 is 0 Å². The van der Waals surface area contributed by atoms with Gasteiger partial charge in [0.25, 0.3) is 0 Å². The van der Waals surface area contributed by atoms with Crippen LogP contribution in [0.2, 0.25) is 0 Å². The zero-order valence-electron chi connectivity index (χ0n) is 50.1. The summed E-state index contributed by atoms with van der Waals surface area (Å²) in [7, 11) is 16.1. The fourth-order valence-corrected chi connectivity index (χ4v) is 6.33. The molecule has 2 aromatic rings. The number of fused-ring (bicyclic) bond motifs is 2. The molecule has 0 saturated heterocycles. The summed E-state index contributed by atoms with van der Waals surface area (Å²) in [6.07, 6.45) is 11.5. The van der Waals surface area contributed by atoms with Gasteiger partial charge in [-0.25, -0.2) is 0 Å². The lowest BCUT2D eigenvalue weighted by Crippen LogP contribution is -2.24. The Labute approximate surface area is 429 Å². The van der Waals surface area contributed by atoms with Crippen molar-refractivity contribution in [1.29, 1.82) is 0 Å². The van der Waals surface area contributed by atoms with Gasteiger partial charge in [0.15, 0.2) is 0 Å². The maximum absolute atomic E-state index is 10.8. The Kier molecular flexibility index (Phi) is 58.0. The molecule has 410 valence electrons. The normalized spacial score (nSPS) is 17.5. The molecule has 8 unspecified atom stereocenters. The first-order chi connectivity index (χ1) is 32.4. The lowest BCUT2D eigenvalue weighted by molar-refractivity contribution is -0.150. The van der Waals surface area contributed by atoms with Gasteiger partial charge in [-0.15, -0.1) is 0 Å². The summed E-state index contributed by atoms with van der Waals surface area (Å²) in [5.41, 5.74) is 2.91. The fourth-order valence-electron chi connectivity index (χ4n) is 6.33. The highest BCUT2D eigenvalue weighted by atomic mass is 16.5. The molecule has 2 bridgehead atoms. The van der Waals surface area contributed by atoms with Crippen LogP contribution in [0.4, 0.5) is 0 Å². The van der Waals surface area contributed by atoms with Crippen molar-refractivity contribution < 1.29 is 42.7 Å². The summed E-state index contributed by atoms with van der Waals surface area (Å²) in [5.74, 6) is 5.56. The maximum atomic E-state index is 10.8. The molecule has 8 atom stereocenters. The van der Waals surface area contributed by atoms with Crippen LogP contribution in [0.5, 0.6) is 0 Å². The topological polar surface area (TPSA) is 98.8 Å². The molecular weight excluding hydrogens is 865 g/mol. The van der Waals surface area contributed by atoms with E-state index in [9.17, 15) is 9.59 Å². The van der Waals surface area contributed by atoms with Gasteiger partial charge in [-0.3, -0.25) is 9.59 Å². The predicted molar refractivity (Wildman–Crippen MR) is 299 cm³/mol. The minimum absolute atomic E-state index is 0.0556. The van der Waals surface area contributed by atoms with Gasteiger partial charge in [0.2, 0.25) is 0 Å². The van der Waals surface area contributed by atoms with E-state index in [4.69, 9.17) is 9.47 Å².